The number of halogens is 1. The summed E-state index contributed by atoms with van der Waals surface area (Å²) in [5.74, 6) is 8.24. The number of ether oxygens (including phenoxy) is 1. The Morgan fingerprint density at radius 1 is 1.12 bits per heavy atom. The van der Waals surface area contributed by atoms with Crippen molar-refractivity contribution in [1.29, 1.82) is 0 Å². The van der Waals surface area contributed by atoms with Crippen molar-refractivity contribution < 1.29 is 9.53 Å². The second-order valence-corrected chi connectivity index (χ2v) is 3.76. The van der Waals surface area contributed by atoms with Gasteiger partial charge in [0.15, 0.2) is 0 Å². The molecule has 0 rings (SSSR count). The van der Waals surface area contributed by atoms with Gasteiger partial charge in [-0.15, -0.1) is 0 Å². The van der Waals surface area contributed by atoms with Crippen molar-refractivity contribution in [3.05, 3.63) is 0 Å². The zero-order chi connectivity index (χ0) is 12.1. The molecule has 0 aromatic carbocycles. The van der Waals surface area contributed by atoms with Gasteiger partial charge >= 0.3 is 5.97 Å². The fourth-order valence-electron chi connectivity index (χ4n) is 1.25. The Labute approximate surface area is 106 Å². The molecule has 0 N–H and O–H groups in total. The third-order valence-corrected chi connectivity index (χ3v) is 2.31. The van der Waals surface area contributed by atoms with Gasteiger partial charge in [-0.3, -0.25) is 4.79 Å². The summed E-state index contributed by atoms with van der Waals surface area (Å²) in [6, 6.07) is 0. The Bertz CT molecular complexity index is 301. The first-order valence-electron chi connectivity index (χ1n) is 5.46. The van der Waals surface area contributed by atoms with Crippen molar-refractivity contribution in [3.63, 3.8) is 0 Å². The van der Waals surface area contributed by atoms with Gasteiger partial charge < -0.3 is 4.74 Å². The van der Waals surface area contributed by atoms with Crippen LogP contribution in [-0.4, -0.2) is 13.1 Å². The summed E-state index contributed by atoms with van der Waals surface area (Å²) in [6.07, 6.45) is 6.88. The molecule has 0 aromatic rings. The predicted octanol–water partition coefficient (Wildman–Crippen LogP) is 3.25. The molecule has 2 nitrogen and oxygen atoms in total. The van der Waals surface area contributed by atoms with E-state index in [4.69, 9.17) is 0 Å². The highest BCUT2D eigenvalue weighted by atomic mass is 79.9. The molecule has 16 heavy (non-hydrogen) atoms. The molecular formula is C13H17BrO2. The largest absolute Gasteiger partial charge is 0.469 e. The fraction of sp³-hybridized carbons (Fsp3) is 0.615. The molecule has 0 heterocycles. The summed E-state index contributed by atoms with van der Waals surface area (Å²) in [7, 11) is 1.43. The predicted molar refractivity (Wildman–Crippen MR) is 68.8 cm³/mol. The summed E-state index contributed by atoms with van der Waals surface area (Å²) < 4.78 is 4.56. The molecule has 0 spiro atoms. The first-order chi connectivity index (χ1) is 7.81. The Morgan fingerprint density at radius 2 is 1.81 bits per heavy atom. The second kappa shape index (κ2) is 12.1. The van der Waals surface area contributed by atoms with Crippen LogP contribution in [0.5, 0.6) is 0 Å². The standard InChI is InChI=1S/C13H17BrO2/c1-16-13(15)11-9-7-5-3-2-4-6-8-10-12-14/h2-5,7,9,11H2,1H3. The molecule has 0 saturated heterocycles. The number of hydrogen-bond donors (Lipinski definition) is 0. The van der Waals surface area contributed by atoms with Crippen LogP contribution >= 0.6 is 15.9 Å². The number of methoxy groups -OCH3 is 1. The number of hydrogen-bond acceptors (Lipinski definition) is 2. The van der Waals surface area contributed by atoms with Gasteiger partial charge in [0.1, 0.15) is 0 Å². The lowest BCUT2D eigenvalue weighted by molar-refractivity contribution is -0.140. The number of esters is 1. The van der Waals surface area contributed by atoms with Crippen LogP contribution in [0.25, 0.3) is 0 Å². The summed E-state index contributed by atoms with van der Waals surface area (Å²) in [5, 5.41) is 0. The summed E-state index contributed by atoms with van der Waals surface area (Å²) in [6.45, 7) is 0. The molecular weight excluding hydrogens is 268 g/mol. The Hall–Kier alpha value is -0.930. The van der Waals surface area contributed by atoms with Gasteiger partial charge in [-0.25, -0.2) is 0 Å². The maximum Gasteiger partial charge on any atom is 0.305 e. The molecule has 0 bridgehead atoms. The summed E-state index contributed by atoms with van der Waals surface area (Å²) in [4.78, 5) is 13.3. The molecule has 88 valence electrons. The third-order valence-electron chi connectivity index (χ3n) is 2.11. The van der Waals surface area contributed by atoms with Gasteiger partial charge in [0.05, 0.1) is 7.11 Å². The molecule has 0 amide bonds. The van der Waals surface area contributed by atoms with Crippen molar-refractivity contribution >= 4 is 21.9 Å². The first kappa shape index (κ1) is 15.1. The van der Waals surface area contributed by atoms with Crippen molar-refractivity contribution in [1.82, 2.24) is 0 Å². The quantitative estimate of drug-likeness (QED) is 0.408. The average Bonchev–Trinajstić information content (AvgIpc) is 2.31. The second-order valence-electron chi connectivity index (χ2n) is 3.37. The lowest BCUT2D eigenvalue weighted by Gasteiger charge is -1.99. The van der Waals surface area contributed by atoms with E-state index in [1.807, 2.05) is 0 Å². The normalized spacial score (nSPS) is 8.38. The molecule has 0 unspecified atom stereocenters. The molecule has 0 saturated carbocycles. The van der Waals surface area contributed by atoms with Gasteiger partial charge in [0, 0.05) is 28.8 Å². The van der Waals surface area contributed by atoms with Crippen LogP contribution < -0.4 is 0 Å². The number of carbonyl (C=O) groups is 1. The zero-order valence-electron chi connectivity index (χ0n) is 9.64. The van der Waals surface area contributed by atoms with Gasteiger partial charge in [-0.2, -0.15) is 0 Å². The first-order valence-corrected chi connectivity index (χ1v) is 6.26. The van der Waals surface area contributed by atoms with Crippen LogP contribution in [0.15, 0.2) is 0 Å². The third kappa shape index (κ3) is 11.1. The highest BCUT2D eigenvalue weighted by Crippen LogP contribution is 2.07. The molecule has 0 aliphatic heterocycles. The van der Waals surface area contributed by atoms with E-state index < -0.39 is 0 Å². The van der Waals surface area contributed by atoms with Crippen molar-refractivity contribution in [2.75, 3.05) is 7.11 Å². The average molecular weight is 285 g/mol. The van der Waals surface area contributed by atoms with Crippen LogP contribution in [-0.2, 0) is 9.53 Å². The minimum atomic E-state index is -0.112. The molecule has 0 radical (unpaired) electrons. The molecule has 0 aromatic heterocycles. The lowest BCUT2D eigenvalue weighted by Crippen LogP contribution is -1.99. The molecule has 0 aliphatic rings. The molecule has 0 fully saturated rings. The zero-order valence-corrected chi connectivity index (χ0v) is 11.2. The summed E-state index contributed by atoms with van der Waals surface area (Å²) in [5.41, 5.74) is 0. The van der Waals surface area contributed by atoms with E-state index in [-0.39, 0.29) is 5.97 Å². The van der Waals surface area contributed by atoms with Crippen LogP contribution in [0.2, 0.25) is 0 Å². The van der Waals surface area contributed by atoms with Crippen LogP contribution in [0.1, 0.15) is 44.9 Å². The SMILES string of the molecule is COC(=O)CCCCCCCC#CC#CBr. The van der Waals surface area contributed by atoms with E-state index >= 15 is 0 Å². The van der Waals surface area contributed by atoms with E-state index in [2.05, 4.69) is 43.3 Å². The topological polar surface area (TPSA) is 26.3 Å². The highest BCUT2D eigenvalue weighted by Gasteiger charge is 1.98. The van der Waals surface area contributed by atoms with Gasteiger partial charge in [-0.05, 0) is 29.5 Å². The number of rotatable bonds is 7. The summed E-state index contributed by atoms with van der Waals surface area (Å²) >= 11 is 2.98. The minimum Gasteiger partial charge on any atom is -0.469 e. The Kier molecular flexibility index (Phi) is 11.4. The highest BCUT2D eigenvalue weighted by molar-refractivity contribution is 9.12. The van der Waals surface area contributed by atoms with Crippen LogP contribution in [0.4, 0.5) is 0 Å². The van der Waals surface area contributed by atoms with E-state index in [0.717, 1.165) is 38.5 Å². The smallest absolute Gasteiger partial charge is 0.305 e. The van der Waals surface area contributed by atoms with Crippen LogP contribution in [0.3, 0.4) is 0 Å². The van der Waals surface area contributed by atoms with Gasteiger partial charge in [0.2, 0.25) is 0 Å². The van der Waals surface area contributed by atoms with Crippen molar-refractivity contribution in [2.24, 2.45) is 0 Å². The monoisotopic (exact) mass is 284 g/mol. The number of carbonyl (C=O) groups excluding carboxylic acids is 1. The van der Waals surface area contributed by atoms with Gasteiger partial charge in [0.25, 0.3) is 0 Å². The fourth-order valence-corrected chi connectivity index (χ4v) is 1.34. The number of unbranched alkanes of at least 4 members (excludes halogenated alkanes) is 5. The Morgan fingerprint density at radius 3 is 2.50 bits per heavy atom. The molecule has 0 aliphatic carbocycles. The lowest BCUT2D eigenvalue weighted by atomic mass is 10.1. The molecule has 0 atom stereocenters. The van der Waals surface area contributed by atoms with E-state index in [9.17, 15) is 4.79 Å². The van der Waals surface area contributed by atoms with Crippen molar-refractivity contribution in [3.8, 4) is 22.6 Å². The van der Waals surface area contributed by atoms with E-state index in [1.54, 1.807) is 0 Å². The van der Waals surface area contributed by atoms with Crippen molar-refractivity contribution in [2.45, 2.75) is 44.9 Å². The van der Waals surface area contributed by atoms with Crippen LogP contribution in [0, 0.1) is 22.6 Å². The Balaban J connectivity index is 3.19. The van der Waals surface area contributed by atoms with E-state index in [0.29, 0.717) is 6.42 Å². The maximum atomic E-state index is 10.8. The van der Waals surface area contributed by atoms with E-state index in [1.165, 1.54) is 7.11 Å². The minimum absolute atomic E-state index is 0.112. The molecule has 3 heteroatoms. The van der Waals surface area contributed by atoms with Gasteiger partial charge in [-0.1, -0.05) is 25.2 Å². The maximum absolute atomic E-state index is 10.8.